The minimum Gasteiger partial charge on any atom is -0.475 e. The van der Waals surface area contributed by atoms with E-state index < -0.39 is 65.6 Å². The van der Waals surface area contributed by atoms with E-state index >= 15 is 0 Å². The molecular weight excluding hydrogens is 709 g/mol. The molecule has 3 aromatic rings. The first-order valence-corrected chi connectivity index (χ1v) is 16.3. The van der Waals surface area contributed by atoms with Crippen LogP contribution in [0.25, 0.3) is 5.69 Å². The van der Waals surface area contributed by atoms with Gasteiger partial charge < -0.3 is 20.8 Å². The number of nitrogens with two attached hydrogens (primary N) is 1. The average molecular weight is 750 g/mol. The maximum atomic E-state index is 14.9. The number of hydrogen-bond acceptors (Lipinski definition) is 8. The van der Waals surface area contributed by atoms with Crippen molar-refractivity contribution in [1.29, 1.82) is 0 Å². The number of aliphatic hydroxyl groups excluding tert-OH is 1. The van der Waals surface area contributed by atoms with Crippen LogP contribution in [0.15, 0.2) is 66.9 Å². The molecule has 1 aliphatic heterocycles. The van der Waals surface area contributed by atoms with Crippen LogP contribution in [0.4, 0.5) is 22.0 Å². The van der Waals surface area contributed by atoms with Gasteiger partial charge in [-0.1, -0.05) is 51.1 Å². The van der Waals surface area contributed by atoms with Crippen LogP contribution in [-0.2, 0) is 30.4 Å². The zero-order valence-electron chi connectivity index (χ0n) is 29.1. The van der Waals surface area contributed by atoms with E-state index in [2.05, 4.69) is 0 Å². The van der Waals surface area contributed by atoms with Gasteiger partial charge in [0.15, 0.2) is 0 Å². The second-order valence-corrected chi connectivity index (χ2v) is 13.2. The van der Waals surface area contributed by atoms with Crippen molar-refractivity contribution in [2.45, 2.75) is 64.7 Å². The molecule has 2 atom stereocenters. The zero-order chi connectivity index (χ0) is 39.7. The number of carbonyl (C=O) groups excluding carboxylic acids is 4. The Kier molecular flexibility index (Phi) is 14.3. The van der Waals surface area contributed by atoms with E-state index in [-0.39, 0.29) is 43.8 Å². The highest BCUT2D eigenvalue weighted by atomic mass is 19.4. The molecular formula is C36H40F5N5O7. The number of carboxylic acid groups (broad SMARTS) is 1. The van der Waals surface area contributed by atoms with Crippen LogP contribution in [-0.4, -0.2) is 91.2 Å². The summed E-state index contributed by atoms with van der Waals surface area (Å²) >= 11 is 0. The first-order valence-electron chi connectivity index (χ1n) is 16.3. The minimum absolute atomic E-state index is 0.00673. The monoisotopic (exact) mass is 749 g/mol. The predicted molar refractivity (Wildman–Crippen MR) is 180 cm³/mol. The van der Waals surface area contributed by atoms with E-state index in [4.69, 9.17) is 20.7 Å². The molecule has 12 nitrogen and oxygen atoms in total. The van der Waals surface area contributed by atoms with Crippen LogP contribution in [0.3, 0.4) is 0 Å². The Bertz CT molecular complexity index is 1800. The molecule has 2 heterocycles. The normalized spacial score (nSPS) is 14.1. The van der Waals surface area contributed by atoms with Gasteiger partial charge in [0.1, 0.15) is 29.7 Å². The Morgan fingerprint density at radius 1 is 0.981 bits per heavy atom. The number of aromatic nitrogens is 2. The number of amides is 3. The number of rotatable bonds is 14. The quantitative estimate of drug-likeness (QED) is 0.161. The Hall–Kier alpha value is -5.29. The number of Topliss-reactive ketones (excluding diaryl/α,β-unsaturated/α-hetero) is 1. The van der Waals surface area contributed by atoms with Crippen LogP contribution < -0.4 is 5.73 Å². The first-order chi connectivity index (χ1) is 24.7. The molecule has 1 aromatic heterocycles. The summed E-state index contributed by atoms with van der Waals surface area (Å²) < 4.78 is 62.1. The van der Waals surface area contributed by atoms with Crippen LogP contribution in [0.5, 0.6) is 0 Å². The van der Waals surface area contributed by atoms with Crippen molar-refractivity contribution >= 4 is 29.5 Å². The summed E-state index contributed by atoms with van der Waals surface area (Å²) in [5.41, 5.74) is 7.48. The summed E-state index contributed by atoms with van der Waals surface area (Å²) in [5, 5.41) is 21.8. The number of carboxylic acids is 1. The summed E-state index contributed by atoms with van der Waals surface area (Å²) in [4.78, 5) is 61.1. The van der Waals surface area contributed by atoms with Crippen molar-refractivity contribution in [2.24, 2.45) is 11.1 Å². The molecule has 2 aromatic carbocycles. The lowest BCUT2D eigenvalue weighted by atomic mass is 9.81. The third-order valence-corrected chi connectivity index (χ3v) is 8.10. The lowest BCUT2D eigenvalue weighted by Crippen LogP contribution is -2.45. The summed E-state index contributed by atoms with van der Waals surface area (Å²) in [6, 6.07) is 10.8. The second-order valence-electron chi connectivity index (χ2n) is 13.2. The highest BCUT2D eigenvalue weighted by Crippen LogP contribution is 2.40. The molecule has 0 saturated carbocycles. The minimum atomic E-state index is -5.08. The van der Waals surface area contributed by atoms with Gasteiger partial charge in [-0.25, -0.2) is 18.3 Å². The average Bonchev–Trinajstić information content (AvgIpc) is 3.64. The number of alkyl halides is 3. The van der Waals surface area contributed by atoms with Gasteiger partial charge in [-0.05, 0) is 36.0 Å². The van der Waals surface area contributed by atoms with E-state index in [0.29, 0.717) is 17.7 Å². The fraction of sp³-hybridized carbons (Fsp3) is 0.389. The van der Waals surface area contributed by atoms with E-state index in [0.717, 1.165) is 28.7 Å². The Labute approximate surface area is 301 Å². The fourth-order valence-corrected chi connectivity index (χ4v) is 5.59. The Morgan fingerprint density at radius 3 is 2.13 bits per heavy atom. The van der Waals surface area contributed by atoms with Gasteiger partial charge in [0.05, 0.1) is 17.8 Å². The molecule has 0 aliphatic carbocycles. The molecule has 0 fully saturated rings. The maximum Gasteiger partial charge on any atom is 0.490 e. The molecule has 53 heavy (non-hydrogen) atoms. The molecule has 3 amide bonds. The standard InChI is InChI=1S/C34H39F2N5O5.C2HF3O2/c1-34(2,3)33(40(31(46)21-42)17-15-26(37)28(43)10-7-16-39-29(44)13-14-30(39)45)32-23(18-22-8-5-4-6-9-22)20-41(38-32)27-19-24(35)11-12-25(27)36;3-2(4,5)1(6)7/h4-6,8-9,11-14,19-20,26,33,42H,7,10,15-18,21,37H2,1-3H3;(H,6,7)/t26-,33-;/m0./s1. The molecule has 0 saturated heterocycles. The van der Waals surface area contributed by atoms with Gasteiger partial charge in [0, 0.05) is 55.9 Å². The lowest BCUT2D eigenvalue weighted by Gasteiger charge is -2.40. The largest absolute Gasteiger partial charge is 0.490 e. The van der Waals surface area contributed by atoms with Crippen LogP contribution in [0.1, 0.15) is 62.9 Å². The van der Waals surface area contributed by atoms with E-state index in [1.807, 2.05) is 51.1 Å². The van der Waals surface area contributed by atoms with Crippen molar-refractivity contribution in [2.75, 3.05) is 19.7 Å². The zero-order valence-corrected chi connectivity index (χ0v) is 29.1. The lowest BCUT2D eigenvalue weighted by molar-refractivity contribution is -0.192. The number of imide groups is 1. The van der Waals surface area contributed by atoms with Gasteiger partial charge in [0.2, 0.25) is 5.91 Å². The summed E-state index contributed by atoms with van der Waals surface area (Å²) in [7, 11) is 0. The van der Waals surface area contributed by atoms with Gasteiger partial charge in [0.25, 0.3) is 11.8 Å². The molecule has 0 unspecified atom stereocenters. The fourth-order valence-electron chi connectivity index (χ4n) is 5.59. The highest BCUT2D eigenvalue weighted by molar-refractivity contribution is 6.12. The number of hydrogen-bond donors (Lipinski definition) is 3. The van der Waals surface area contributed by atoms with E-state index in [9.17, 15) is 46.2 Å². The van der Waals surface area contributed by atoms with Gasteiger partial charge in [-0.2, -0.15) is 18.3 Å². The number of nitrogens with zero attached hydrogens (tertiary/aromatic N) is 4. The van der Waals surface area contributed by atoms with Crippen molar-refractivity contribution in [3.8, 4) is 5.69 Å². The third-order valence-electron chi connectivity index (χ3n) is 8.10. The van der Waals surface area contributed by atoms with Crippen molar-refractivity contribution in [3.63, 3.8) is 0 Å². The molecule has 286 valence electrons. The number of aliphatic hydroxyl groups is 1. The number of ketones is 1. The first kappa shape index (κ1) is 42.1. The SMILES string of the molecule is CC(C)(C)[C@H](c1nn(-c2cc(F)ccc2F)cc1Cc1ccccc1)N(CC[C@H](N)C(=O)CCCN1C(=O)C=CC1=O)C(=O)CO.O=C(O)C(F)(F)F. The van der Waals surface area contributed by atoms with Crippen LogP contribution in [0, 0.1) is 17.0 Å². The Morgan fingerprint density at radius 2 is 1.58 bits per heavy atom. The summed E-state index contributed by atoms with van der Waals surface area (Å²) in [6.07, 6.45) is -0.411. The van der Waals surface area contributed by atoms with Crippen LogP contribution >= 0.6 is 0 Å². The highest BCUT2D eigenvalue weighted by Gasteiger charge is 2.39. The van der Waals surface area contributed by atoms with Gasteiger partial charge in [-0.15, -0.1) is 0 Å². The summed E-state index contributed by atoms with van der Waals surface area (Å²) in [5.74, 6) is -5.85. The maximum absolute atomic E-state index is 14.9. The molecule has 1 aliphatic rings. The molecule has 17 heteroatoms. The smallest absolute Gasteiger partial charge is 0.475 e. The molecule has 4 N–H and O–H groups in total. The molecule has 4 rings (SSSR count). The van der Waals surface area contributed by atoms with E-state index in [1.54, 1.807) is 6.20 Å². The van der Waals surface area contributed by atoms with E-state index in [1.165, 1.54) is 21.7 Å². The number of benzene rings is 2. The number of aliphatic carboxylic acids is 1. The van der Waals surface area contributed by atoms with Crippen molar-refractivity contribution < 1.29 is 56.1 Å². The van der Waals surface area contributed by atoms with Crippen molar-refractivity contribution in [1.82, 2.24) is 19.6 Å². The third kappa shape index (κ3) is 11.6. The number of halogens is 5. The van der Waals surface area contributed by atoms with Gasteiger partial charge >= 0.3 is 12.1 Å². The second kappa shape index (κ2) is 18.0. The Balaban J connectivity index is 0.000000980. The molecule has 0 radical (unpaired) electrons. The molecule has 0 bridgehead atoms. The topological polar surface area (TPSA) is 176 Å². The molecule has 0 spiro atoms. The van der Waals surface area contributed by atoms with Crippen molar-refractivity contribution in [3.05, 3.63) is 95.3 Å². The predicted octanol–water partition coefficient (Wildman–Crippen LogP) is 4.27. The van der Waals surface area contributed by atoms with Crippen LogP contribution in [0.2, 0.25) is 0 Å². The summed E-state index contributed by atoms with van der Waals surface area (Å²) in [6.45, 7) is 4.95. The number of carbonyl (C=O) groups is 5. The van der Waals surface area contributed by atoms with Gasteiger partial charge in [-0.3, -0.25) is 24.1 Å².